The molecular formula is C11H24O2. The van der Waals surface area contributed by atoms with Crippen molar-refractivity contribution in [2.75, 3.05) is 6.61 Å². The van der Waals surface area contributed by atoms with Gasteiger partial charge in [-0.2, -0.15) is 0 Å². The molecule has 2 N–H and O–H groups in total. The fraction of sp³-hybridized carbons (Fsp3) is 1.00. The lowest BCUT2D eigenvalue weighted by atomic mass is 9.83. The summed E-state index contributed by atoms with van der Waals surface area (Å²) in [5.74, 6) is 0. The highest BCUT2D eigenvalue weighted by Gasteiger charge is 2.19. The SMILES string of the molecule is CCC(C)(CO)CCCCC(C)O. The van der Waals surface area contributed by atoms with Crippen LogP contribution in [0.5, 0.6) is 0 Å². The van der Waals surface area contributed by atoms with Crippen molar-refractivity contribution in [1.82, 2.24) is 0 Å². The van der Waals surface area contributed by atoms with E-state index in [9.17, 15) is 0 Å². The van der Waals surface area contributed by atoms with E-state index in [1.165, 1.54) is 0 Å². The maximum atomic E-state index is 9.14. The Morgan fingerprint density at radius 2 is 1.92 bits per heavy atom. The van der Waals surface area contributed by atoms with E-state index < -0.39 is 0 Å². The minimum absolute atomic E-state index is 0.0959. The van der Waals surface area contributed by atoms with E-state index >= 15 is 0 Å². The molecule has 0 aliphatic heterocycles. The van der Waals surface area contributed by atoms with Gasteiger partial charge in [0.05, 0.1) is 6.10 Å². The summed E-state index contributed by atoms with van der Waals surface area (Å²) < 4.78 is 0. The van der Waals surface area contributed by atoms with Gasteiger partial charge in [0.2, 0.25) is 0 Å². The summed E-state index contributed by atoms with van der Waals surface area (Å²) in [6.07, 6.45) is 4.96. The second-order valence-electron chi connectivity index (χ2n) is 4.42. The molecule has 2 unspecified atom stereocenters. The van der Waals surface area contributed by atoms with Crippen LogP contribution in [0.2, 0.25) is 0 Å². The van der Waals surface area contributed by atoms with Gasteiger partial charge in [-0.3, -0.25) is 0 Å². The van der Waals surface area contributed by atoms with Gasteiger partial charge in [0.15, 0.2) is 0 Å². The lowest BCUT2D eigenvalue weighted by Crippen LogP contribution is -2.20. The molecule has 0 aromatic heterocycles. The van der Waals surface area contributed by atoms with Crippen LogP contribution in [-0.4, -0.2) is 22.9 Å². The van der Waals surface area contributed by atoms with Gasteiger partial charge >= 0.3 is 0 Å². The zero-order chi connectivity index (χ0) is 10.3. The van der Waals surface area contributed by atoms with E-state index in [1.54, 1.807) is 0 Å². The zero-order valence-corrected chi connectivity index (χ0v) is 9.21. The first kappa shape index (κ1) is 12.9. The van der Waals surface area contributed by atoms with E-state index in [0.717, 1.165) is 32.1 Å². The van der Waals surface area contributed by atoms with Gasteiger partial charge in [0.25, 0.3) is 0 Å². The highest BCUT2D eigenvalue weighted by Crippen LogP contribution is 2.27. The first-order chi connectivity index (χ1) is 6.04. The molecule has 0 fully saturated rings. The summed E-state index contributed by atoms with van der Waals surface area (Å²) in [4.78, 5) is 0. The topological polar surface area (TPSA) is 40.5 Å². The van der Waals surface area contributed by atoms with Gasteiger partial charge in [-0.1, -0.05) is 26.7 Å². The molecule has 80 valence electrons. The van der Waals surface area contributed by atoms with E-state index in [0.29, 0.717) is 0 Å². The Kier molecular flexibility index (Phi) is 6.35. The minimum atomic E-state index is -0.179. The van der Waals surface area contributed by atoms with Crippen molar-refractivity contribution in [3.63, 3.8) is 0 Å². The summed E-state index contributed by atoms with van der Waals surface area (Å²) in [5.41, 5.74) is 0.0959. The summed E-state index contributed by atoms with van der Waals surface area (Å²) in [6.45, 7) is 6.34. The molecule has 13 heavy (non-hydrogen) atoms. The van der Waals surface area contributed by atoms with Crippen LogP contribution < -0.4 is 0 Å². The maximum Gasteiger partial charge on any atom is 0.0512 e. The fourth-order valence-corrected chi connectivity index (χ4v) is 1.36. The maximum absolute atomic E-state index is 9.14. The second kappa shape index (κ2) is 6.39. The lowest BCUT2D eigenvalue weighted by Gasteiger charge is -2.25. The molecule has 0 aromatic carbocycles. The molecule has 0 aliphatic rings. The Morgan fingerprint density at radius 3 is 2.31 bits per heavy atom. The van der Waals surface area contributed by atoms with Crippen molar-refractivity contribution < 1.29 is 10.2 Å². The molecule has 2 atom stereocenters. The largest absolute Gasteiger partial charge is 0.396 e. The van der Waals surface area contributed by atoms with Crippen molar-refractivity contribution in [1.29, 1.82) is 0 Å². The predicted octanol–water partition coefficient (Wildman–Crippen LogP) is 2.34. The third-order valence-corrected chi connectivity index (χ3v) is 2.89. The zero-order valence-electron chi connectivity index (χ0n) is 9.21. The number of aliphatic hydroxyl groups is 2. The van der Waals surface area contributed by atoms with Crippen molar-refractivity contribution in [2.45, 2.75) is 59.0 Å². The molecule has 0 rings (SSSR count). The van der Waals surface area contributed by atoms with Crippen LogP contribution in [-0.2, 0) is 0 Å². The van der Waals surface area contributed by atoms with Gasteiger partial charge in [-0.25, -0.2) is 0 Å². The van der Waals surface area contributed by atoms with Gasteiger partial charge in [0.1, 0.15) is 0 Å². The molecule has 0 amide bonds. The highest BCUT2D eigenvalue weighted by molar-refractivity contribution is 4.71. The number of rotatable bonds is 7. The number of aliphatic hydroxyl groups excluding tert-OH is 2. The summed E-state index contributed by atoms with van der Waals surface area (Å²) in [6, 6.07) is 0. The van der Waals surface area contributed by atoms with Crippen LogP contribution >= 0.6 is 0 Å². The number of hydrogen-bond donors (Lipinski definition) is 2. The third kappa shape index (κ3) is 6.05. The van der Waals surface area contributed by atoms with Crippen LogP contribution in [0.3, 0.4) is 0 Å². The third-order valence-electron chi connectivity index (χ3n) is 2.89. The monoisotopic (exact) mass is 188 g/mol. The Morgan fingerprint density at radius 1 is 1.31 bits per heavy atom. The second-order valence-corrected chi connectivity index (χ2v) is 4.42. The minimum Gasteiger partial charge on any atom is -0.396 e. The molecule has 0 spiro atoms. The Hall–Kier alpha value is -0.0800. The van der Waals surface area contributed by atoms with Crippen LogP contribution in [0.25, 0.3) is 0 Å². The Balaban J connectivity index is 3.50. The van der Waals surface area contributed by atoms with Crippen LogP contribution in [0.4, 0.5) is 0 Å². The molecule has 2 nitrogen and oxygen atoms in total. The highest BCUT2D eigenvalue weighted by atomic mass is 16.3. The van der Waals surface area contributed by atoms with Crippen LogP contribution in [0.1, 0.15) is 52.9 Å². The summed E-state index contributed by atoms with van der Waals surface area (Å²) in [5, 5.41) is 18.2. The van der Waals surface area contributed by atoms with E-state index in [4.69, 9.17) is 10.2 Å². The van der Waals surface area contributed by atoms with Crippen molar-refractivity contribution in [3.05, 3.63) is 0 Å². The molecule has 0 bridgehead atoms. The standard InChI is InChI=1S/C11H24O2/c1-4-11(3,9-12)8-6-5-7-10(2)13/h10,12-13H,4-9H2,1-3H3. The van der Waals surface area contributed by atoms with E-state index in [2.05, 4.69) is 13.8 Å². The van der Waals surface area contributed by atoms with Gasteiger partial charge in [-0.15, -0.1) is 0 Å². The molecule has 0 heterocycles. The average molecular weight is 188 g/mol. The van der Waals surface area contributed by atoms with E-state index in [-0.39, 0.29) is 18.1 Å². The van der Waals surface area contributed by atoms with E-state index in [1.807, 2.05) is 6.92 Å². The molecule has 0 saturated carbocycles. The molecule has 0 aromatic rings. The number of hydrogen-bond acceptors (Lipinski definition) is 2. The Labute approximate surface area is 82.0 Å². The lowest BCUT2D eigenvalue weighted by molar-refractivity contribution is 0.121. The molecule has 2 heteroatoms. The quantitative estimate of drug-likeness (QED) is 0.602. The molecule has 0 aliphatic carbocycles. The average Bonchev–Trinajstić information content (AvgIpc) is 2.12. The molecule has 0 radical (unpaired) electrons. The van der Waals surface area contributed by atoms with Crippen molar-refractivity contribution in [2.24, 2.45) is 5.41 Å². The van der Waals surface area contributed by atoms with Gasteiger partial charge in [0, 0.05) is 6.61 Å². The smallest absolute Gasteiger partial charge is 0.0512 e. The summed E-state index contributed by atoms with van der Waals surface area (Å²) >= 11 is 0. The normalized spacial score (nSPS) is 18.2. The molecule has 0 saturated heterocycles. The van der Waals surface area contributed by atoms with Crippen molar-refractivity contribution in [3.8, 4) is 0 Å². The Bertz CT molecular complexity index is 117. The molecular weight excluding hydrogens is 164 g/mol. The first-order valence-corrected chi connectivity index (χ1v) is 5.33. The number of unbranched alkanes of at least 4 members (excludes halogenated alkanes) is 1. The van der Waals surface area contributed by atoms with Crippen LogP contribution in [0, 0.1) is 5.41 Å². The van der Waals surface area contributed by atoms with Crippen molar-refractivity contribution >= 4 is 0 Å². The predicted molar refractivity (Wildman–Crippen MR) is 55.6 cm³/mol. The van der Waals surface area contributed by atoms with Crippen LogP contribution in [0.15, 0.2) is 0 Å². The van der Waals surface area contributed by atoms with Gasteiger partial charge < -0.3 is 10.2 Å². The summed E-state index contributed by atoms with van der Waals surface area (Å²) in [7, 11) is 0. The van der Waals surface area contributed by atoms with Gasteiger partial charge in [-0.05, 0) is 31.6 Å². The fourth-order valence-electron chi connectivity index (χ4n) is 1.36. The first-order valence-electron chi connectivity index (χ1n) is 5.33.